The van der Waals surface area contributed by atoms with Crippen LogP contribution in [0.15, 0.2) is 35.1 Å². The van der Waals surface area contributed by atoms with E-state index in [1.807, 2.05) is 24.3 Å². The van der Waals surface area contributed by atoms with Gasteiger partial charge < -0.3 is 19.5 Å². The molecule has 0 atom stereocenters. The molecule has 2 rings (SSSR count). The Balaban J connectivity index is 1.97. The topological polar surface area (TPSA) is 63.6 Å². The lowest BCUT2D eigenvalue weighted by molar-refractivity contribution is -0.123. The van der Waals surface area contributed by atoms with E-state index in [9.17, 15) is 9.59 Å². The van der Waals surface area contributed by atoms with Gasteiger partial charge in [-0.2, -0.15) is 0 Å². The van der Waals surface area contributed by atoms with Gasteiger partial charge in [-0.3, -0.25) is 9.59 Å². The van der Waals surface area contributed by atoms with Crippen LogP contribution in [-0.4, -0.2) is 48.2 Å². The van der Waals surface area contributed by atoms with Crippen molar-refractivity contribution in [2.24, 2.45) is 7.05 Å². The first-order valence-electron chi connectivity index (χ1n) is 8.27. The molecule has 1 aromatic carbocycles. The molecule has 0 radical (unpaired) electrons. The Morgan fingerprint density at radius 1 is 1.25 bits per heavy atom. The standard InChI is InChI=1S/C18H25N3O3/c1-4-21(5-2)11-10-19-17(22)13-24-16-12-18(23)20(3)15-9-7-6-8-14(15)16/h6-9,12H,4-5,10-11,13H2,1-3H3,(H,19,22). The molecule has 0 saturated carbocycles. The SMILES string of the molecule is CCN(CC)CCNC(=O)COc1cc(=O)n(C)c2ccccc12. The van der Waals surface area contributed by atoms with Crippen LogP contribution >= 0.6 is 0 Å². The second-order valence-electron chi connectivity index (χ2n) is 5.59. The average Bonchev–Trinajstić information content (AvgIpc) is 2.60. The van der Waals surface area contributed by atoms with Crippen LogP contribution in [0.4, 0.5) is 0 Å². The van der Waals surface area contributed by atoms with Gasteiger partial charge in [0.05, 0.1) is 5.52 Å². The first kappa shape index (κ1) is 18.0. The maximum absolute atomic E-state index is 12.0. The lowest BCUT2D eigenvalue weighted by atomic mass is 10.2. The number of benzene rings is 1. The van der Waals surface area contributed by atoms with Crippen LogP contribution in [0.5, 0.6) is 5.75 Å². The van der Waals surface area contributed by atoms with Crippen molar-refractivity contribution in [3.63, 3.8) is 0 Å². The van der Waals surface area contributed by atoms with E-state index in [0.717, 1.165) is 30.5 Å². The first-order valence-corrected chi connectivity index (χ1v) is 8.27. The van der Waals surface area contributed by atoms with E-state index in [0.29, 0.717) is 12.3 Å². The van der Waals surface area contributed by atoms with Crippen molar-refractivity contribution >= 4 is 16.8 Å². The zero-order valence-electron chi connectivity index (χ0n) is 14.5. The van der Waals surface area contributed by atoms with E-state index < -0.39 is 0 Å². The zero-order chi connectivity index (χ0) is 17.5. The molecule has 0 bridgehead atoms. The summed E-state index contributed by atoms with van der Waals surface area (Å²) < 4.78 is 7.15. The molecule has 0 unspecified atom stereocenters. The Bertz CT molecular complexity index is 751. The van der Waals surface area contributed by atoms with Crippen LogP contribution in [0.3, 0.4) is 0 Å². The van der Waals surface area contributed by atoms with Crippen molar-refractivity contribution in [3.05, 3.63) is 40.7 Å². The number of carbonyl (C=O) groups is 1. The number of aromatic nitrogens is 1. The molecule has 2 aromatic rings. The summed E-state index contributed by atoms with van der Waals surface area (Å²) in [6.45, 7) is 7.40. The van der Waals surface area contributed by atoms with Crippen LogP contribution in [-0.2, 0) is 11.8 Å². The third-order valence-electron chi connectivity index (χ3n) is 4.12. The molecule has 0 saturated heterocycles. The van der Waals surface area contributed by atoms with Gasteiger partial charge in [0.1, 0.15) is 5.75 Å². The molecule has 6 heteroatoms. The second-order valence-corrected chi connectivity index (χ2v) is 5.59. The summed E-state index contributed by atoms with van der Waals surface area (Å²) >= 11 is 0. The molecule has 0 spiro atoms. The molecule has 1 N–H and O–H groups in total. The number of nitrogens with one attached hydrogen (secondary N) is 1. The molecule has 0 fully saturated rings. The normalized spacial score (nSPS) is 11.0. The lowest BCUT2D eigenvalue weighted by Gasteiger charge is -2.18. The fourth-order valence-corrected chi connectivity index (χ4v) is 2.59. The number of ether oxygens (including phenoxy) is 1. The summed E-state index contributed by atoms with van der Waals surface area (Å²) in [6.07, 6.45) is 0. The van der Waals surface area contributed by atoms with Crippen LogP contribution in [0.2, 0.25) is 0 Å². The smallest absolute Gasteiger partial charge is 0.257 e. The summed E-state index contributed by atoms with van der Waals surface area (Å²) in [5, 5.41) is 3.65. The van der Waals surface area contributed by atoms with Crippen molar-refractivity contribution in [2.45, 2.75) is 13.8 Å². The summed E-state index contributed by atoms with van der Waals surface area (Å²) in [6, 6.07) is 8.90. The second kappa shape index (κ2) is 8.49. The van der Waals surface area contributed by atoms with Crippen molar-refractivity contribution in [3.8, 4) is 5.75 Å². The predicted molar refractivity (Wildman–Crippen MR) is 95.5 cm³/mol. The highest BCUT2D eigenvalue weighted by Crippen LogP contribution is 2.22. The molecule has 24 heavy (non-hydrogen) atoms. The Labute approximate surface area is 142 Å². The number of likely N-dealkylation sites (N-methyl/N-ethyl adjacent to an activating group) is 1. The largest absolute Gasteiger partial charge is 0.483 e. The molecule has 1 aromatic heterocycles. The van der Waals surface area contributed by atoms with Gasteiger partial charge >= 0.3 is 0 Å². The highest BCUT2D eigenvalue weighted by molar-refractivity contribution is 5.86. The number of amides is 1. The number of carbonyl (C=O) groups excluding carboxylic acids is 1. The molecule has 1 amide bonds. The van der Waals surface area contributed by atoms with Gasteiger partial charge in [0.25, 0.3) is 11.5 Å². The highest BCUT2D eigenvalue weighted by atomic mass is 16.5. The molecule has 0 aliphatic carbocycles. The van der Waals surface area contributed by atoms with Gasteiger partial charge in [-0.05, 0) is 25.2 Å². The van der Waals surface area contributed by atoms with Gasteiger partial charge in [-0.25, -0.2) is 0 Å². The van der Waals surface area contributed by atoms with Gasteiger partial charge in [-0.15, -0.1) is 0 Å². The van der Waals surface area contributed by atoms with Crippen LogP contribution in [0.25, 0.3) is 10.9 Å². The third kappa shape index (κ3) is 4.35. The Hall–Kier alpha value is -2.34. The minimum Gasteiger partial charge on any atom is -0.483 e. The van der Waals surface area contributed by atoms with E-state index in [2.05, 4.69) is 24.1 Å². The van der Waals surface area contributed by atoms with Crippen LogP contribution < -0.4 is 15.6 Å². The minimum absolute atomic E-state index is 0.102. The number of aryl methyl sites for hydroxylation is 1. The number of hydrogen-bond donors (Lipinski definition) is 1. The molecule has 6 nitrogen and oxygen atoms in total. The maximum atomic E-state index is 12.0. The van der Waals surface area contributed by atoms with E-state index in [1.54, 1.807) is 11.6 Å². The monoisotopic (exact) mass is 331 g/mol. The van der Waals surface area contributed by atoms with Gasteiger partial charge in [0, 0.05) is 31.6 Å². The fraction of sp³-hybridized carbons (Fsp3) is 0.444. The van der Waals surface area contributed by atoms with Gasteiger partial charge in [-0.1, -0.05) is 26.0 Å². The number of rotatable bonds is 8. The predicted octanol–water partition coefficient (Wildman–Crippen LogP) is 1.38. The summed E-state index contributed by atoms with van der Waals surface area (Å²) in [5.74, 6) is 0.250. The zero-order valence-corrected chi connectivity index (χ0v) is 14.5. The highest BCUT2D eigenvalue weighted by Gasteiger charge is 2.09. The Morgan fingerprint density at radius 3 is 2.67 bits per heavy atom. The van der Waals surface area contributed by atoms with E-state index >= 15 is 0 Å². The molecule has 0 aliphatic heterocycles. The third-order valence-corrected chi connectivity index (χ3v) is 4.12. The van der Waals surface area contributed by atoms with Gasteiger partial charge in [0.2, 0.25) is 0 Å². The Morgan fingerprint density at radius 2 is 1.96 bits per heavy atom. The molecular formula is C18H25N3O3. The van der Waals surface area contributed by atoms with E-state index in [-0.39, 0.29) is 18.1 Å². The van der Waals surface area contributed by atoms with Crippen LogP contribution in [0, 0.1) is 0 Å². The number of hydrogen-bond acceptors (Lipinski definition) is 4. The molecule has 1 heterocycles. The van der Waals surface area contributed by atoms with Crippen molar-refractivity contribution in [2.75, 3.05) is 32.8 Å². The molecule has 0 aliphatic rings. The molecule has 130 valence electrons. The van der Waals surface area contributed by atoms with Crippen LogP contribution in [0.1, 0.15) is 13.8 Å². The van der Waals surface area contributed by atoms with Crippen molar-refractivity contribution in [1.82, 2.24) is 14.8 Å². The van der Waals surface area contributed by atoms with Crippen molar-refractivity contribution < 1.29 is 9.53 Å². The molecular weight excluding hydrogens is 306 g/mol. The van der Waals surface area contributed by atoms with Gasteiger partial charge in [0.15, 0.2) is 6.61 Å². The summed E-state index contributed by atoms with van der Waals surface area (Å²) in [7, 11) is 1.72. The lowest BCUT2D eigenvalue weighted by Crippen LogP contribution is -2.37. The van der Waals surface area contributed by atoms with E-state index in [1.165, 1.54) is 6.07 Å². The number of fused-ring (bicyclic) bond motifs is 1. The number of nitrogens with zero attached hydrogens (tertiary/aromatic N) is 2. The fourth-order valence-electron chi connectivity index (χ4n) is 2.59. The number of pyridine rings is 1. The average molecular weight is 331 g/mol. The van der Waals surface area contributed by atoms with E-state index in [4.69, 9.17) is 4.74 Å². The summed E-state index contributed by atoms with van der Waals surface area (Å²) in [5.41, 5.74) is 0.618. The Kier molecular flexibility index (Phi) is 6.37. The first-order chi connectivity index (χ1) is 11.6. The minimum atomic E-state index is -0.188. The summed E-state index contributed by atoms with van der Waals surface area (Å²) in [4.78, 5) is 26.1. The number of para-hydroxylation sites is 1. The maximum Gasteiger partial charge on any atom is 0.257 e. The van der Waals surface area contributed by atoms with Crippen molar-refractivity contribution in [1.29, 1.82) is 0 Å². The quantitative estimate of drug-likeness (QED) is 0.794.